The average molecular weight is 290 g/mol. The summed E-state index contributed by atoms with van der Waals surface area (Å²) in [5.74, 6) is -0.940. The van der Waals surface area contributed by atoms with Gasteiger partial charge in [-0.3, -0.25) is 9.63 Å². The summed E-state index contributed by atoms with van der Waals surface area (Å²) in [6.45, 7) is 0. The molecule has 0 heterocycles. The Morgan fingerprint density at radius 1 is 1.44 bits per heavy atom. The van der Waals surface area contributed by atoms with E-state index in [0.29, 0.717) is 21.9 Å². The standard InChI is InChI=1S/C12H13Cl2NO3/c1-15(18-2)12(17)9(5-6-16)8-3-4-10(13)11(14)7-8/h3-4,6-7,9H,5H2,1-2H3. The van der Waals surface area contributed by atoms with Gasteiger partial charge in [0.1, 0.15) is 6.29 Å². The Morgan fingerprint density at radius 2 is 2.11 bits per heavy atom. The molecule has 98 valence electrons. The zero-order chi connectivity index (χ0) is 13.7. The number of aldehydes is 1. The van der Waals surface area contributed by atoms with Crippen molar-refractivity contribution in [2.45, 2.75) is 12.3 Å². The SMILES string of the molecule is CON(C)C(=O)C(CC=O)c1ccc(Cl)c(Cl)c1. The maximum atomic E-state index is 12.0. The van der Waals surface area contributed by atoms with Crippen LogP contribution >= 0.6 is 23.2 Å². The predicted octanol–water partition coefficient (Wildman–Crippen LogP) is 2.69. The fourth-order valence-corrected chi connectivity index (χ4v) is 1.82. The number of hydrogen-bond acceptors (Lipinski definition) is 3. The Labute approximate surface area is 115 Å². The molecule has 1 atom stereocenters. The van der Waals surface area contributed by atoms with E-state index in [1.54, 1.807) is 18.2 Å². The van der Waals surface area contributed by atoms with Crippen molar-refractivity contribution in [3.63, 3.8) is 0 Å². The predicted molar refractivity (Wildman–Crippen MR) is 69.7 cm³/mol. The fourth-order valence-electron chi connectivity index (χ4n) is 1.51. The number of carbonyl (C=O) groups is 2. The third kappa shape index (κ3) is 3.45. The van der Waals surface area contributed by atoms with Crippen LogP contribution in [-0.4, -0.2) is 31.4 Å². The molecular formula is C12H13Cl2NO3. The third-order valence-electron chi connectivity index (χ3n) is 2.56. The number of rotatable bonds is 5. The molecule has 0 fully saturated rings. The minimum atomic E-state index is -0.623. The highest BCUT2D eigenvalue weighted by Crippen LogP contribution is 2.28. The van der Waals surface area contributed by atoms with Gasteiger partial charge in [0, 0.05) is 13.5 Å². The molecule has 1 unspecified atom stereocenters. The summed E-state index contributed by atoms with van der Waals surface area (Å²) in [6.07, 6.45) is 0.749. The number of hydroxylamine groups is 2. The van der Waals surface area contributed by atoms with Gasteiger partial charge in [-0.1, -0.05) is 29.3 Å². The maximum absolute atomic E-state index is 12.0. The molecule has 0 radical (unpaired) electrons. The molecule has 18 heavy (non-hydrogen) atoms. The highest BCUT2D eigenvalue weighted by Gasteiger charge is 2.24. The van der Waals surface area contributed by atoms with Gasteiger partial charge >= 0.3 is 0 Å². The Bertz CT molecular complexity index is 451. The highest BCUT2D eigenvalue weighted by atomic mass is 35.5. The average Bonchev–Trinajstić information content (AvgIpc) is 2.37. The van der Waals surface area contributed by atoms with Crippen molar-refractivity contribution >= 4 is 35.4 Å². The fraction of sp³-hybridized carbons (Fsp3) is 0.333. The quantitative estimate of drug-likeness (QED) is 0.618. The topological polar surface area (TPSA) is 46.6 Å². The van der Waals surface area contributed by atoms with Crippen LogP contribution in [0.3, 0.4) is 0 Å². The molecule has 0 saturated carbocycles. The summed E-state index contributed by atoms with van der Waals surface area (Å²) in [5, 5.41) is 1.83. The van der Waals surface area contributed by atoms with E-state index >= 15 is 0 Å². The van der Waals surface area contributed by atoms with Gasteiger partial charge in [0.25, 0.3) is 5.91 Å². The first-order valence-electron chi connectivity index (χ1n) is 5.21. The normalized spacial score (nSPS) is 12.0. The van der Waals surface area contributed by atoms with E-state index in [9.17, 15) is 9.59 Å². The van der Waals surface area contributed by atoms with E-state index in [0.717, 1.165) is 5.06 Å². The Morgan fingerprint density at radius 3 is 2.61 bits per heavy atom. The summed E-state index contributed by atoms with van der Waals surface area (Å²) in [7, 11) is 2.86. The van der Waals surface area contributed by atoms with Crippen LogP contribution in [0.15, 0.2) is 18.2 Å². The van der Waals surface area contributed by atoms with Crippen molar-refractivity contribution < 1.29 is 14.4 Å². The molecule has 1 amide bonds. The minimum Gasteiger partial charge on any atom is -0.303 e. The molecule has 1 aromatic rings. The number of likely N-dealkylation sites (N-methyl/N-ethyl adjacent to an activating group) is 1. The van der Waals surface area contributed by atoms with E-state index in [1.165, 1.54) is 14.2 Å². The van der Waals surface area contributed by atoms with Crippen LogP contribution in [0.2, 0.25) is 10.0 Å². The van der Waals surface area contributed by atoms with Crippen molar-refractivity contribution in [1.82, 2.24) is 5.06 Å². The monoisotopic (exact) mass is 289 g/mol. The van der Waals surface area contributed by atoms with Gasteiger partial charge in [0.05, 0.1) is 23.1 Å². The molecule has 0 aliphatic rings. The van der Waals surface area contributed by atoms with E-state index in [-0.39, 0.29) is 12.3 Å². The van der Waals surface area contributed by atoms with Crippen LogP contribution in [0.4, 0.5) is 0 Å². The summed E-state index contributed by atoms with van der Waals surface area (Å²) >= 11 is 11.7. The number of benzene rings is 1. The summed E-state index contributed by atoms with van der Waals surface area (Å²) in [4.78, 5) is 27.5. The van der Waals surface area contributed by atoms with Crippen molar-refractivity contribution in [2.24, 2.45) is 0 Å². The second-order valence-corrected chi connectivity index (χ2v) is 4.46. The summed E-state index contributed by atoms with van der Waals surface area (Å²) in [6, 6.07) is 4.85. The number of nitrogens with zero attached hydrogens (tertiary/aromatic N) is 1. The first-order valence-corrected chi connectivity index (χ1v) is 5.97. The molecule has 0 aromatic heterocycles. The smallest absolute Gasteiger partial charge is 0.253 e. The van der Waals surface area contributed by atoms with Crippen molar-refractivity contribution in [3.05, 3.63) is 33.8 Å². The number of amides is 1. The van der Waals surface area contributed by atoms with Crippen LogP contribution in [0.5, 0.6) is 0 Å². The third-order valence-corrected chi connectivity index (χ3v) is 3.30. The van der Waals surface area contributed by atoms with E-state index in [2.05, 4.69) is 0 Å². The maximum Gasteiger partial charge on any atom is 0.253 e. The van der Waals surface area contributed by atoms with Gasteiger partial charge in [-0.15, -0.1) is 0 Å². The second kappa shape index (κ2) is 6.73. The van der Waals surface area contributed by atoms with Crippen LogP contribution in [0, 0.1) is 0 Å². The number of hydrogen-bond donors (Lipinski definition) is 0. The Kier molecular flexibility index (Phi) is 5.59. The molecule has 0 bridgehead atoms. The lowest BCUT2D eigenvalue weighted by Gasteiger charge is -2.20. The van der Waals surface area contributed by atoms with Gasteiger partial charge in [0.2, 0.25) is 0 Å². The molecule has 0 saturated heterocycles. The Hall–Kier alpha value is -1.10. The zero-order valence-electron chi connectivity index (χ0n) is 10.0. The summed E-state index contributed by atoms with van der Waals surface area (Å²) < 4.78 is 0. The van der Waals surface area contributed by atoms with Gasteiger partial charge in [-0.25, -0.2) is 5.06 Å². The molecule has 6 heteroatoms. The highest BCUT2D eigenvalue weighted by molar-refractivity contribution is 6.42. The van der Waals surface area contributed by atoms with E-state index < -0.39 is 5.92 Å². The first kappa shape index (κ1) is 15.0. The lowest BCUT2D eigenvalue weighted by molar-refractivity contribution is -0.170. The van der Waals surface area contributed by atoms with Crippen molar-refractivity contribution in [3.8, 4) is 0 Å². The number of halogens is 2. The molecule has 1 rings (SSSR count). The van der Waals surface area contributed by atoms with Gasteiger partial charge in [-0.2, -0.15) is 0 Å². The van der Waals surface area contributed by atoms with Gasteiger partial charge in [0.15, 0.2) is 0 Å². The van der Waals surface area contributed by atoms with Crippen LogP contribution in [0.25, 0.3) is 0 Å². The lowest BCUT2D eigenvalue weighted by atomic mass is 9.95. The Balaban J connectivity index is 3.07. The molecule has 1 aromatic carbocycles. The van der Waals surface area contributed by atoms with E-state index in [1.807, 2.05) is 0 Å². The molecular weight excluding hydrogens is 277 g/mol. The number of carbonyl (C=O) groups excluding carboxylic acids is 2. The lowest BCUT2D eigenvalue weighted by Crippen LogP contribution is -2.31. The molecule has 4 nitrogen and oxygen atoms in total. The molecule has 0 spiro atoms. The van der Waals surface area contributed by atoms with Crippen molar-refractivity contribution in [1.29, 1.82) is 0 Å². The van der Waals surface area contributed by atoms with Gasteiger partial charge < -0.3 is 4.79 Å². The molecule has 0 aliphatic carbocycles. The molecule has 0 aliphatic heterocycles. The van der Waals surface area contributed by atoms with E-state index in [4.69, 9.17) is 28.0 Å². The minimum absolute atomic E-state index is 0.0600. The van der Waals surface area contributed by atoms with Crippen molar-refractivity contribution in [2.75, 3.05) is 14.2 Å². The van der Waals surface area contributed by atoms with Gasteiger partial charge in [-0.05, 0) is 17.7 Å². The molecule has 0 N–H and O–H groups in total. The zero-order valence-corrected chi connectivity index (χ0v) is 11.5. The van der Waals surface area contributed by atoms with Crippen LogP contribution in [-0.2, 0) is 14.4 Å². The summed E-state index contributed by atoms with van der Waals surface area (Å²) in [5.41, 5.74) is 0.630. The second-order valence-electron chi connectivity index (χ2n) is 3.65. The van der Waals surface area contributed by atoms with Crippen LogP contribution < -0.4 is 0 Å². The largest absolute Gasteiger partial charge is 0.303 e. The first-order chi connectivity index (χ1) is 8.51. The van der Waals surface area contributed by atoms with Crippen LogP contribution in [0.1, 0.15) is 17.9 Å².